The highest BCUT2D eigenvalue weighted by Crippen LogP contribution is 2.34. The number of unbranched alkanes of at least 4 members (excludes halogenated alkanes) is 3. The number of rotatable bonds is 11. The van der Waals surface area contributed by atoms with E-state index >= 15 is 0 Å². The Morgan fingerprint density at radius 3 is 2.76 bits per heavy atom. The Morgan fingerprint density at radius 1 is 1.00 bits per heavy atom. The standard InChI is InChI=1S/C30H35ClN4O2/c31-22-13-14-25-28(19-22)35-27-12-6-4-10-24(27)29(25)32-16-7-1-2-8-17-33-30(36)37-18-15-21-20-34-26-11-5-3-9-23(21)26/h3,5,9,11,13-14,19-20,34H,1-2,4,6-8,10,12,15-18H2,(H,32,35)(H,33,36). The molecule has 0 atom stereocenters. The van der Waals surface area contributed by atoms with Gasteiger partial charge in [-0.3, -0.25) is 4.98 Å². The van der Waals surface area contributed by atoms with E-state index in [1.807, 2.05) is 36.5 Å². The molecule has 0 fully saturated rings. The number of aromatic amines is 1. The molecule has 2 aromatic heterocycles. The molecule has 1 aliphatic rings. The summed E-state index contributed by atoms with van der Waals surface area (Å²) in [6.07, 6.45) is 11.1. The number of alkyl carbamates (subject to hydrolysis) is 1. The van der Waals surface area contributed by atoms with Crippen LogP contribution in [-0.2, 0) is 24.0 Å². The van der Waals surface area contributed by atoms with E-state index in [-0.39, 0.29) is 6.09 Å². The molecule has 0 spiro atoms. The van der Waals surface area contributed by atoms with Gasteiger partial charge in [0.05, 0.1) is 12.1 Å². The van der Waals surface area contributed by atoms with E-state index in [9.17, 15) is 4.79 Å². The highest BCUT2D eigenvalue weighted by atomic mass is 35.5. The Labute approximate surface area is 223 Å². The van der Waals surface area contributed by atoms with Crippen LogP contribution in [0.15, 0.2) is 48.7 Å². The molecule has 194 valence electrons. The number of anilines is 1. The van der Waals surface area contributed by atoms with Gasteiger partial charge in [-0.1, -0.05) is 42.6 Å². The number of pyridine rings is 1. The van der Waals surface area contributed by atoms with E-state index in [1.54, 1.807) is 0 Å². The molecule has 5 rings (SSSR count). The number of carbonyl (C=O) groups excluding carboxylic acids is 1. The van der Waals surface area contributed by atoms with Gasteiger partial charge in [-0.05, 0) is 73.9 Å². The Balaban J connectivity index is 0.986. The number of nitrogens with zero attached hydrogens (tertiary/aromatic N) is 1. The number of fused-ring (bicyclic) bond motifs is 3. The van der Waals surface area contributed by atoms with Crippen molar-refractivity contribution in [1.29, 1.82) is 0 Å². The first-order valence-corrected chi connectivity index (χ1v) is 13.9. The van der Waals surface area contributed by atoms with Crippen LogP contribution >= 0.6 is 11.6 Å². The van der Waals surface area contributed by atoms with Crippen LogP contribution in [0.25, 0.3) is 21.8 Å². The summed E-state index contributed by atoms with van der Waals surface area (Å²) in [6, 6.07) is 14.2. The molecule has 0 bridgehead atoms. The van der Waals surface area contributed by atoms with Gasteiger partial charge in [0.1, 0.15) is 0 Å². The zero-order chi connectivity index (χ0) is 25.5. The molecule has 6 nitrogen and oxygen atoms in total. The monoisotopic (exact) mass is 518 g/mol. The smallest absolute Gasteiger partial charge is 0.407 e. The summed E-state index contributed by atoms with van der Waals surface area (Å²) >= 11 is 6.23. The lowest BCUT2D eigenvalue weighted by Crippen LogP contribution is -2.26. The van der Waals surface area contributed by atoms with Crippen molar-refractivity contribution in [2.75, 3.05) is 25.0 Å². The first-order valence-electron chi connectivity index (χ1n) is 13.5. The van der Waals surface area contributed by atoms with Gasteiger partial charge in [-0.15, -0.1) is 0 Å². The summed E-state index contributed by atoms with van der Waals surface area (Å²) in [4.78, 5) is 20.2. The van der Waals surface area contributed by atoms with E-state index in [0.717, 1.165) is 66.5 Å². The van der Waals surface area contributed by atoms with Gasteiger partial charge in [0.2, 0.25) is 0 Å². The molecule has 0 saturated carbocycles. The molecule has 1 amide bonds. The maximum absolute atomic E-state index is 12.0. The highest BCUT2D eigenvalue weighted by molar-refractivity contribution is 6.31. The molecule has 0 saturated heterocycles. The van der Waals surface area contributed by atoms with Gasteiger partial charge in [0.25, 0.3) is 0 Å². The molecule has 7 heteroatoms. The van der Waals surface area contributed by atoms with E-state index in [1.165, 1.54) is 40.7 Å². The molecule has 3 N–H and O–H groups in total. The van der Waals surface area contributed by atoms with Crippen LogP contribution in [0.4, 0.5) is 10.5 Å². The normalized spacial score (nSPS) is 13.0. The van der Waals surface area contributed by atoms with E-state index < -0.39 is 0 Å². The van der Waals surface area contributed by atoms with Crippen LogP contribution in [0.1, 0.15) is 55.3 Å². The van der Waals surface area contributed by atoms with Gasteiger partial charge >= 0.3 is 6.09 Å². The topological polar surface area (TPSA) is 79.0 Å². The fourth-order valence-electron chi connectivity index (χ4n) is 5.25. The molecule has 0 unspecified atom stereocenters. The van der Waals surface area contributed by atoms with Crippen LogP contribution in [0.2, 0.25) is 5.02 Å². The fourth-order valence-corrected chi connectivity index (χ4v) is 5.42. The van der Waals surface area contributed by atoms with Crippen molar-refractivity contribution in [2.45, 2.75) is 57.8 Å². The molecule has 0 aliphatic heterocycles. The molecule has 2 heterocycles. The second kappa shape index (κ2) is 12.3. The minimum Gasteiger partial charge on any atom is -0.449 e. The van der Waals surface area contributed by atoms with Gasteiger partial charge < -0.3 is 20.4 Å². The molecule has 2 aromatic carbocycles. The van der Waals surface area contributed by atoms with Crippen molar-refractivity contribution in [3.63, 3.8) is 0 Å². The number of benzene rings is 2. The second-order valence-electron chi connectivity index (χ2n) is 9.79. The average Bonchev–Trinajstić information content (AvgIpc) is 3.32. The van der Waals surface area contributed by atoms with Gasteiger partial charge in [-0.25, -0.2) is 4.79 Å². The number of aromatic nitrogens is 2. The molecular formula is C30H35ClN4O2. The first kappa shape index (κ1) is 25.4. The summed E-state index contributed by atoms with van der Waals surface area (Å²) in [5, 5.41) is 9.67. The van der Waals surface area contributed by atoms with Crippen LogP contribution in [-0.4, -0.2) is 35.8 Å². The zero-order valence-electron chi connectivity index (χ0n) is 21.2. The van der Waals surface area contributed by atoms with E-state index in [2.05, 4.69) is 27.8 Å². The predicted octanol–water partition coefficient (Wildman–Crippen LogP) is 7.19. The highest BCUT2D eigenvalue weighted by Gasteiger charge is 2.18. The summed E-state index contributed by atoms with van der Waals surface area (Å²) in [5.74, 6) is 0. The third-order valence-corrected chi connectivity index (χ3v) is 7.41. The van der Waals surface area contributed by atoms with Crippen LogP contribution in [0, 0.1) is 0 Å². The molecule has 1 aliphatic carbocycles. The number of H-pyrrole nitrogens is 1. The SMILES string of the molecule is O=C(NCCCCCCNc1c2c(nc3cc(Cl)ccc13)CCCC2)OCCc1c[nH]c2ccccc12. The number of para-hydroxylation sites is 1. The number of nitrogens with one attached hydrogen (secondary N) is 3. The van der Waals surface area contributed by atoms with Gasteiger partial charge in [0.15, 0.2) is 0 Å². The lowest BCUT2D eigenvalue weighted by molar-refractivity contribution is 0.147. The maximum Gasteiger partial charge on any atom is 0.407 e. The van der Waals surface area contributed by atoms with Crippen LogP contribution in [0.5, 0.6) is 0 Å². The average molecular weight is 519 g/mol. The summed E-state index contributed by atoms with van der Waals surface area (Å²) in [5.41, 5.74) is 7.11. The fraction of sp³-hybridized carbons (Fsp3) is 0.400. The Morgan fingerprint density at radius 2 is 1.84 bits per heavy atom. The lowest BCUT2D eigenvalue weighted by Gasteiger charge is -2.22. The summed E-state index contributed by atoms with van der Waals surface area (Å²) in [6.45, 7) is 1.94. The third-order valence-electron chi connectivity index (χ3n) is 7.18. The van der Waals surface area contributed by atoms with Crippen molar-refractivity contribution in [1.82, 2.24) is 15.3 Å². The maximum atomic E-state index is 12.0. The zero-order valence-corrected chi connectivity index (χ0v) is 22.0. The first-order chi connectivity index (χ1) is 18.2. The van der Waals surface area contributed by atoms with Crippen molar-refractivity contribution in [2.24, 2.45) is 0 Å². The lowest BCUT2D eigenvalue weighted by atomic mass is 9.92. The number of ether oxygens (including phenoxy) is 1. The van der Waals surface area contributed by atoms with Crippen molar-refractivity contribution in [3.8, 4) is 0 Å². The van der Waals surface area contributed by atoms with E-state index in [0.29, 0.717) is 19.6 Å². The quantitative estimate of drug-likeness (QED) is 0.184. The van der Waals surface area contributed by atoms with Crippen LogP contribution < -0.4 is 10.6 Å². The molecule has 4 aromatic rings. The number of aryl methyl sites for hydroxylation is 1. The minimum absolute atomic E-state index is 0.337. The van der Waals surface area contributed by atoms with Crippen molar-refractivity contribution < 1.29 is 9.53 Å². The van der Waals surface area contributed by atoms with Gasteiger partial charge in [0, 0.05) is 58.4 Å². The molecule has 37 heavy (non-hydrogen) atoms. The molecule has 0 radical (unpaired) electrons. The Kier molecular flexibility index (Phi) is 8.46. The summed E-state index contributed by atoms with van der Waals surface area (Å²) < 4.78 is 5.36. The number of hydrogen-bond donors (Lipinski definition) is 3. The minimum atomic E-state index is -0.337. The number of halogens is 1. The van der Waals surface area contributed by atoms with E-state index in [4.69, 9.17) is 21.3 Å². The predicted molar refractivity (Wildman–Crippen MR) is 152 cm³/mol. The van der Waals surface area contributed by atoms with Crippen molar-refractivity contribution >= 4 is 45.2 Å². The molecular weight excluding hydrogens is 484 g/mol. The Bertz CT molecular complexity index is 1370. The largest absolute Gasteiger partial charge is 0.449 e. The third kappa shape index (κ3) is 6.37. The summed E-state index contributed by atoms with van der Waals surface area (Å²) in [7, 11) is 0. The second-order valence-corrected chi connectivity index (χ2v) is 10.2. The Hall–Kier alpha value is -3.25. The number of carbonyl (C=O) groups is 1. The number of hydrogen-bond acceptors (Lipinski definition) is 4. The van der Waals surface area contributed by atoms with Crippen LogP contribution in [0.3, 0.4) is 0 Å². The van der Waals surface area contributed by atoms with Crippen molar-refractivity contribution in [3.05, 3.63) is 70.5 Å². The number of amides is 1. The van der Waals surface area contributed by atoms with Gasteiger partial charge in [-0.2, -0.15) is 0 Å².